The first-order chi connectivity index (χ1) is 9.35. The van der Waals surface area contributed by atoms with E-state index in [1.807, 2.05) is 19.9 Å². The highest BCUT2D eigenvalue weighted by atomic mass is 32.2. The lowest BCUT2D eigenvalue weighted by molar-refractivity contribution is 0.0907. The third kappa shape index (κ3) is 5.29. The first kappa shape index (κ1) is 16.6. The first-order valence-corrected chi connectivity index (χ1v) is 8.00. The molecule has 0 unspecified atom stereocenters. The average Bonchev–Trinajstić information content (AvgIpc) is 2.38. The third-order valence-electron chi connectivity index (χ3n) is 2.76. The second-order valence-electron chi connectivity index (χ2n) is 4.80. The number of hydrogen-bond donors (Lipinski definition) is 0. The van der Waals surface area contributed by atoms with Gasteiger partial charge in [-0.15, -0.1) is 0 Å². The zero-order valence-corrected chi connectivity index (χ0v) is 12.9. The molecule has 0 aliphatic heterocycles. The van der Waals surface area contributed by atoms with Crippen LogP contribution in [0.1, 0.15) is 25.0 Å². The fraction of sp³-hybridized carbons (Fsp3) is 0.500. The minimum absolute atomic E-state index is 0.0223. The van der Waals surface area contributed by atoms with E-state index < -0.39 is 10.0 Å². The molecular formula is C14H20N2O3S. The molecule has 0 fully saturated rings. The van der Waals surface area contributed by atoms with Crippen molar-refractivity contribution in [3.63, 3.8) is 0 Å². The summed E-state index contributed by atoms with van der Waals surface area (Å²) in [7, 11) is -1.78. The molecule has 0 heterocycles. The average molecular weight is 296 g/mol. The maximum Gasteiger partial charge on any atom is 0.216 e. The van der Waals surface area contributed by atoms with E-state index in [1.165, 1.54) is 4.31 Å². The summed E-state index contributed by atoms with van der Waals surface area (Å²) in [5.74, 6) is -0.0298. The van der Waals surface area contributed by atoms with Crippen LogP contribution in [0, 0.1) is 11.3 Å². The molecule has 1 aromatic carbocycles. The highest BCUT2D eigenvalue weighted by Crippen LogP contribution is 2.09. The van der Waals surface area contributed by atoms with Crippen LogP contribution in [0.25, 0.3) is 0 Å². The van der Waals surface area contributed by atoms with E-state index in [0.717, 1.165) is 5.56 Å². The van der Waals surface area contributed by atoms with E-state index >= 15 is 0 Å². The van der Waals surface area contributed by atoms with Gasteiger partial charge < -0.3 is 4.74 Å². The van der Waals surface area contributed by atoms with Crippen LogP contribution >= 0.6 is 0 Å². The van der Waals surface area contributed by atoms with Gasteiger partial charge in [0.05, 0.1) is 30.1 Å². The Bertz CT molecular complexity index is 559. The Morgan fingerprint density at radius 1 is 1.30 bits per heavy atom. The summed E-state index contributed by atoms with van der Waals surface area (Å²) >= 11 is 0. The van der Waals surface area contributed by atoms with Crippen molar-refractivity contribution in [1.29, 1.82) is 5.26 Å². The molecule has 0 aromatic heterocycles. The monoisotopic (exact) mass is 296 g/mol. The zero-order valence-electron chi connectivity index (χ0n) is 12.0. The van der Waals surface area contributed by atoms with Crippen LogP contribution < -0.4 is 0 Å². The molecule has 5 nitrogen and oxygen atoms in total. The van der Waals surface area contributed by atoms with E-state index in [4.69, 9.17) is 10.00 Å². The van der Waals surface area contributed by atoms with E-state index in [2.05, 4.69) is 0 Å². The summed E-state index contributed by atoms with van der Waals surface area (Å²) in [4.78, 5) is 0. The molecule has 110 valence electrons. The second-order valence-corrected chi connectivity index (χ2v) is 7.00. The summed E-state index contributed by atoms with van der Waals surface area (Å²) in [5.41, 5.74) is 1.41. The van der Waals surface area contributed by atoms with Gasteiger partial charge in [0.1, 0.15) is 0 Å². The minimum Gasteiger partial charge on any atom is -0.378 e. The molecule has 0 saturated heterocycles. The van der Waals surface area contributed by atoms with Crippen LogP contribution in [0.2, 0.25) is 0 Å². The molecule has 0 N–H and O–H groups in total. The fourth-order valence-electron chi connectivity index (χ4n) is 1.59. The highest BCUT2D eigenvalue weighted by molar-refractivity contribution is 7.89. The van der Waals surface area contributed by atoms with Crippen molar-refractivity contribution in [2.75, 3.05) is 19.4 Å². The summed E-state index contributed by atoms with van der Waals surface area (Å²) < 4.78 is 30.6. The molecule has 0 bridgehead atoms. The zero-order chi connectivity index (χ0) is 15.2. The summed E-state index contributed by atoms with van der Waals surface area (Å²) in [5, 5.41) is 8.71. The van der Waals surface area contributed by atoms with Crippen molar-refractivity contribution >= 4 is 10.0 Å². The van der Waals surface area contributed by atoms with Crippen LogP contribution in [0.15, 0.2) is 24.3 Å². The van der Waals surface area contributed by atoms with Gasteiger partial charge in [-0.2, -0.15) is 5.26 Å². The predicted molar refractivity (Wildman–Crippen MR) is 77.5 cm³/mol. The van der Waals surface area contributed by atoms with Crippen molar-refractivity contribution in [3.8, 4) is 6.07 Å². The SMILES string of the molecule is CC(C)OCCS(=O)(=O)N(C)Cc1ccc(C#N)cc1. The fourth-order valence-corrected chi connectivity index (χ4v) is 2.55. The van der Waals surface area contributed by atoms with Gasteiger partial charge >= 0.3 is 0 Å². The number of benzene rings is 1. The van der Waals surface area contributed by atoms with E-state index in [0.29, 0.717) is 5.56 Å². The number of hydrogen-bond acceptors (Lipinski definition) is 4. The normalized spacial score (nSPS) is 11.8. The van der Waals surface area contributed by atoms with E-state index in [-0.39, 0.29) is 25.0 Å². The molecule has 0 aliphatic rings. The Balaban J connectivity index is 2.59. The van der Waals surface area contributed by atoms with Gasteiger partial charge in [-0.05, 0) is 31.5 Å². The van der Waals surface area contributed by atoms with E-state index in [1.54, 1.807) is 31.3 Å². The van der Waals surface area contributed by atoms with Crippen LogP contribution in [0.3, 0.4) is 0 Å². The molecule has 1 rings (SSSR count). The maximum atomic E-state index is 12.0. The predicted octanol–water partition coefficient (Wildman–Crippen LogP) is 1.74. The van der Waals surface area contributed by atoms with Gasteiger partial charge in [-0.25, -0.2) is 12.7 Å². The molecular weight excluding hydrogens is 276 g/mol. The molecule has 0 radical (unpaired) electrons. The quantitative estimate of drug-likeness (QED) is 0.768. The highest BCUT2D eigenvalue weighted by Gasteiger charge is 2.18. The third-order valence-corrected chi connectivity index (χ3v) is 4.52. The largest absolute Gasteiger partial charge is 0.378 e. The molecule has 20 heavy (non-hydrogen) atoms. The molecule has 0 aliphatic carbocycles. The molecule has 0 atom stereocenters. The van der Waals surface area contributed by atoms with Crippen molar-refractivity contribution in [1.82, 2.24) is 4.31 Å². The van der Waals surface area contributed by atoms with Gasteiger partial charge in [-0.3, -0.25) is 0 Å². The van der Waals surface area contributed by atoms with Gasteiger partial charge in [0, 0.05) is 13.6 Å². The van der Waals surface area contributed by atoms with Crippen molar-refractivity contribution in [3.05, 3.63) is 35.4 Å². The standard InChI is InChI=1S/C14H20N2O3S/c1-12(2)19-8-9-20(17,18)16(3)11-14-6-4-13(10-15)5-7-14/h4-7,12H,8-9,11H2,1-3H3. The van der Waals surface area contributed by atoms with Crippen LogP contribution in [-0.2, 0) is 21.3 Å². The smallest absolute Gasteiger partial charge is 0.216 e. The summed E-state index contributed by atoms with van der Waals surface area (Å²) in [6.45, 7) is 4.22. The Kier molecular flexibility index (Phi) is 6.14. The maximum absolute atomic E-state index is 12.0. The second kappa shape index (κ2) is 7.39. The number of ether oxygens (including phenoxy) is 1. The first-order valence-electron chi connectivity index (χ1n) is 6.40. The van der Waals surface area contributed by atoms with Crippen molar-refractivity contribution < 1.29 is 13.2 Å². The molecule has 0 spiro atoms. The Morgan fingerprint density at radius 3 is 2.40 bits per heavy atom. The van der Waals surface area contributed by atoms with Gasteiger partial charge in [0.25, 0.3) is 0 Å². The van der Waals surface area contributed by atoms with Crippen LogP contribution in [0.5, 0.6) is 0 Å². The van der Waals surface area contributed by atoms with Gasteiger partial charge in [0.15, 0.2) is 0 Å². The van der Waals surface area contributed by atoms with Crippen LogP contribution in [-0.4, -0.2) is 38.2 Å². The molecule has 1 aromatic rings. The lowest BCUT2D eigenvalue weighted by Crippen LogP contribution is -2.31. The Labute approximate surface area is 120 Å². The van der Waals surface area contributed by atoms with Crippen molar-refractivity contribution in [2.45, 2.75) is 26.5 Å². The Morgan fingerprint density at radius 2 is 1.90 bits per heavy atom. The Hall–Kier alpha value is -1.42. The minimum atomic E-state index is -3.33. The number of sulfonamides is 1. The topological polar surface area (TPSA) is 70.4 Å². The van der Waals surface area contributed by atoms with Gasteiger partial charge in [0.2, 0.25) is 10.0 Å². The summed E-state index contributed by atoms with van der Waals surface area (Å²) in [6, 6.07) is 8.90. The van der Waals surface area contributed by atoms with Crippen LogP contribution in [0.4, 0.5) is 0 Å². The molecule has 0 amide bonds. The number of nitrogens with zero attached hydrogens (tertiary/aromatic N) is 2. The molecule has 6 heteroatoms. The van der Waals surface area contributed by atoms with Gasteiger partial charge in [-0.1, -0.05) is 12.1 Å². The van der Waals surface area contributed by atoms with Crippen molar-refractivity contribution in [2.24, 2.45) is 0 Å². The lowest BCUT2D eigenvalue weighted by Gasteiger charge is -2.17. The number of nitriles is 1. The lowest BCUT2D eigenvalue weighted by atomic mass is 10.1. The molecule has 0 saturated carbocycles. The van der Waals surface area contributed by atoms with E-state index in [9.17, 15) is 8.42 Å². The number of rotatable bonds is 7. The summed E-state index contributed by atoms with van der Waals surface area (Å²) in [6.07, 6.45) is 0.0223.